The molecule has 0 aliphatic heterocycles. The maximum atomic E-state index is 4.72. The Hall–Kier alpha value is -0.790. The third-order valence-electron chi connectivity index (χ3n) is 4.22. The van der Waals surface area contributed by atoms with E-state index in [2.05, 4.69) is 52.4 Å². The van der Waals surface area contributed by atoms with E-state index in [1.54, 1.807) is 0 Å². The first-order valence-electron chi connectivity index (χ1n) is 7.53. The number of nitrogens with zero attached hydrogens (tertiary/aromatic N) is 2. The van der Waals surface area contributed by atoms with Gasteiger partial charge in [0, 0.05) is 17.7 Å². The van der Waals surface area contributed by atoms with Gasteiger partial charge in [0.05, 0.1) is 12.0 Å². The number of unbranched alkanes of at least 4 members (excludes halogenated alkanes) is 1. The lowest BCUT2D eigenvalue weighted by Crippen LogP contribution is -2.23. The van der Waals surface area contributed by atoms with Gasteiger partial charge in [0.15, 0.2) is 0 Å². The molecule has 0 amide bonds. The molecule has 0 bridgehead atoms. The molecule has 0 saturated heterocycles. The van der Waals surface area contributed by atoms with Crippen molar-refractivity contribution in [1.29, 1.82) is 0 Å². The normalized spacial score (nSPS) is 13.9. The molecule has 0 aromatic carbocycles. The van der Waals surface area contributed by atoms with E-state index in [0.717, 1.165) is 19.4 Å². The third-order valence-corrected chi connectivity index (χ3v) is 4.22. The van der Waals surface area contributed by atoms with Crippen LogP contribution in [0.15, 0.2) is 6.33 Å². The molecule has 1 atom stereocenters. The fourth-order valence-electron chi connectivity index (χ4n) is 2.35. The first-order valence-corrected chi connectivity index (χ1v) is 7.53. The van der Waals surface area contributed by atoms with E-state index in [9.17, 15) is 0 Å². The Morgan fingerprint density at radius 1 is 1.28 bits per heavy atom. The molecule has 0 aliphatic rings. The number of aryl methyl sites for hydroxylation is 1. The predicted octanol–water partition coefficient (Wildman–Crippen LogP) is 4.88. The Morgan fingerprint density at radius 3 is 2.44 bits per heavy atom. The molecule has 2 heteroatoms. The van der Waals surface area contributed by atoms with Crippen molar-refractivity contribution in [3.8, 4) is 0 Å². The highest BCUT2D eigenvalue weighted by atomic mass is 15.1. The van der Waals surface area contributed by atoms with Crippen LogP contribution in [0.25, 0.3) is 0 Å². The minimum Gasteiger partial charge on any atom is -0.334 e. The summed E-state index contributed by atoms with van der Waals surface area (Å²) < 4.78 is 2.40. The fraction of sp³-hybridized carbons (Fsp3) is 0.812. The molecule has 104 valence electrons. The van der Waals surface area contributed by atoms with E-state index in [0.29, 0.717) is 5.92 Å². The number of hydrogen-bond donors (Lipinski definition) is 0. The summed E-state index contributed by atoms with van der Waals surface area (Å²) >= 11 is 0. The summed E-state index contributed by atoms with van der Waals surface area (Å²) in [6.07, 6.45) is 6.86. The molecule has 1 heterocycles. The Bertz CT molecular complexity index is 363. The molecule has 18 heavy (non-hydrogen) atoms. The average molecular weight is 250 g/mol. The van der Waals surface area contributed by atoms with Gasteiger partial charge in [-0.1, -0.05) is 48.0 Å². The highest BCUT2D eigenvalue weighted by Gasteiger charge is 2.28. The van der Waals surface area contributed by atoms with Gasteiger partial charge in [-0.3, -0.25) is 0 Å². The van der Waals surface area contributed by atoms with Gasteiger partial charge in [-0.05, 0) is 25.2 Å². The molecule has 0 saturated carbocycles. The van der Waals surface area contributed by atoms with Crippen LogP contribution < -0.4 is 0 Å². The van der Waals surface area contributed by atoms with Crippen LogP contribution in [0.2, 0.25) is 0 Å². The smallest absolute Gasteiger partial charge is 0.0951 e. The molecule has 0 spiro atoms. The number of imidazole rings is 1. The van der Waals surface area contributed by atoms with Crippen molar-refractivity contribution in [2.24, 2.45) is 0 Å². The molecule has 0 fully saturated rings. The van der Waals surface area contributed by atoms with Crippen LogP contribution in [0.1, 0.15) is 84.5 Å². The minimum absolute atomic E-state index is 0.225. The monoisotopic (exact) mass is 250 g/mol. The Labute approximate surface area is 113 Å². The lowest BCUT2D eigenvalue weighted by Gasteiger charge is -2.27. The van der Waals surface area contributed by atoms with Crippen molar-refractivity contribution < 1.29 is 0 Å². The van der Waals surface area contributed by atoms with Gasteiger partial charge in [-0.25, -0.2) is 4.98 Å². The molecule has 0 aliphatic carbocycles. The van der Waals surface area contributed by atoms with Gasteiger partial charge < -0.3 is 4.57 Å². The zero-order chi connectivity index (χ0) is 13.8. The lowest BCUT2D eigenvalue weighted by atomic mass is 9.82. The van der Waals surface area contributed by atoms with Crippen molar-refractivity contribution in [3.63, 3.8) is 0 Å². The summed E-state index contributed by atoms with van der Waals surface area (Å²) in [6, 6.07) is 0. The number of hydrogen-bond acceptors (Lipinski definition) is 1. The van der Waals surface area contributed by atoms with E-state index in [-0.39, 0.29) is 5.41 Å². The highest BCUT2D eigenvalue weighted by Crippen LogP contribution is 2.33. The van der Waals surface area contributed by atoms with E-state index >= 15 is 0 Å². The zero-order valence-corrected chi connectivity index (χ0v) is 13.1. The molecule has 1 rings (SSSR count). The number of aromatic nitrogens is 2. The molecular formula is C16H30N2. The summed E-state index contributed by atoms with van der Waals surface area (Å²) in [6.45, 7) is 14.9. The lowest BCUT2D eigenvalue weighted by molar-refractivity contribution is 0.444. The van der Waals surface area contributed by atoms with Crippen molar-refractivity contribution >= 4 is 0 Å². The molecular weight excluding hydrogens is 220 g/mol. The predicted molar refractivity (Wildman–Crippen MR) is 79.2 cm³/mol. The van der Waals surface area contributed by atoms with Crippen molar-refractivity contribution in [3.05, 3.63) is 17.7 Å². The molecule has 2 nitrogen and oxygen atoms in total. The largest absolute Gasteiger partial charge is 0.334 e. The van der Waals surface area contributed by atoms with Gasteiger partial charge >= 0.3 is 0 Å². The quantitative estimate of drug-likeness (QED) is 0.674. The zero-order valence-electron chi connectivity index (χ0n) is 13.1. The first kappa shape index (κ1) is 15.3. The topological polar surface area (TPSA) is 17.8 Å². The van der Waals surface area contributed by atoms with Crippen LogP contribution in [0.5, 0.6) is 0 Å². The summed E-state index contributed by atoms with van der Waals surface area (Å²) in [5, 5.41) is 0. The Balaban J connectivity index is 3.17. The van der Waals surface area contributed by atoms with Gasteiger partial charge in [0.1, 0.15) is 0 Å². The third kappa shape index (κ3) is 3.15. The maximum Gasteiger partial charge on any atom is 0.0951 e. The van der Waals surface area contributed by atoms with Gasteiger partial charge in [0.2, 0.25) is 0 Å². The van der Waals surface area contributed by atoms with Gasteiger partial charge in [0.25, 0.3) is 0 Å². The molecule has 0 radical (unpaired) electrons. The SMILES string of the molecule is CCCCn1cnc(C(C)CC)c1C(C)(C)CC. The molecule has 1 aromatic rings. The maximum absolute atomic E-state index is 4.72. The van der Waals surface area contributed by atoms with Crippen LogP contribution in [-0.2, 0) is 12.0 Å². The van der Waals surface area contributed by atoms with Gasteiger partial charge in [-0.2, -0.15) is 0 Å². The standard InChI is InChI=1S/C16H30N2/c1-7-10-11-18-12-17-14(13(4)8-2)15(18)16(5,6)9-3/h12-13H,7-11H2,1-6H3. The van der Waals surface area contributed by atoms with Crippen LogP contribution in [-0.4, -0.2) is 9.55 Å². The number of rotatable bonds is 7. The van der Waals surface area contributed by atoms with E-state index in [1.807, 2.05) is 0 Å². The van der Waals surface area contributed by atoms with Crippen LogP contribution in [0.4, 0.5) is 0 Å². The second-order valence-electron chi connectivity index (χ2n) is 6.07. The summed E-state index contributed by atoms with van der Waals surface area (Å²) in [7, 11) is 0. The minimum atomic E-state index is 0.225. The average Bonchev–Trinajstić information content (AvgIpc) is 2.79. The first-order chi connectivity index (χ1) is 8.47. The summed E-state index contributed by atoms with van der Waals surface area (Å²) in [5.41, 5.74) is 3.01. The molecule has 1 unspecified atom stereocenters. The van der Waals surface area contributed by atoms with Crippen molar-refractivity contribution in [2.45, 2.75) is 85.1 Å². The second kappa shape index (κ2) is 6.40. The summed E-state index contributed by atoms with van der Waals surface area (Å²) in [4.78, 5) is 4.72. The van der Waals surface area contributed by atoms with Crippen molar-refractivity contribution in [1.82, 2.24) is 9.55 Å². The van der Waals surface area contributed by atoms with Crippen LogP contribution in [0, 0.1) is 0 Å². The van der Waals surface area contributed by atoms with Crippen LogP contribution >= 0.6 is 0 Å². The van der Waals surface area contributed by atoms with E-state index in [4.69, 9.17) is 4.98 Å². The van der Waals surface area contributed by atoms with Crippen molar-refractivity contribution in [2.75, 3.05) is 0 Å². The van der Waals surface area contributed by atoms with Crippen LogP contribution in [0.3, 0.4) is 0 Å². The second-order valence-corrected chi connectivity index (χ2v) is 6.07. The fourth-order valence-corrected chi connectivity index (χ4v) is 2.35. The Morgan fingerprint density at radius 2 is 1.94 bits per heavy atom. The van der Waals surface area contributed by atoms with E-state index in [1.165, 1.54) is 24.2 Å². The molecule has 0 N–H and O–H groups in total. The van der Waals surface area contributed by atoms with E-state index < -0.39 is 0 Å². The molecule has 1 aromatic heterocycles. The highest BCUT2D eigenvalue weighted by molar-refractivity contribution is 5.25. The van der Waals surface area contributed by atoms with Gasteiger partial charge in [-0.15, -0.1) is 0 Å². The summed E-state index contributed by atoms with van der Waals surface area (Å²) in [5.74, 6) is 0.564. The Kier molecular flexibility index (Phi) is 5.43.